The van der Waals surface area contributed by atoms with Crippen LogP contribution in [0.15, 0.2) is 82.5 Å². The van der Waals surface area contributed by atoms with Crippen molar-refractivity contribution < 1.29 is 17.2 Å². The van der Waals surface area contributed by atoms with Crippen molar-refractivity contribution in [3.63, 3.8) is 0 Å². The molecular formula is C24H18F2N2O3S. The van der Waals surface area contributed by atoms with E-state index in [1.54, 1.807) is 49.4 Å². The Balaban J connectivity index is 2.12. The van der Waals surface area contributed by atoms with Gasteiger partial charge in [-0.2, -0.15) is 13.5 Å². The van der Waals surface area contributed by atoms with Crippen molar-refractivity contribution in [1.82, 2.24) is 9.19 Å². The van der Waals surface area contributed by atoms with Gasteiger partial charge in [-0.25, -0.2) is 8.78 Å². The van der Waals surface area contributed by atoms with Gasteiger partial charge < -0.3 is 0 Å². The zero-order valence-corrected chi connectivity index (χ0v) is 18.0. The molecule has 5 nitrogen and oxygen atoms in total. The molecule has 8 heteroatoms. The SMILES string of the molecule is Cc1ccc(S(=O)(=O)n2nc(C)c(-c3ccccc3)c(-c3c(F)cccc3F)c2=O)cc1. The number of aryl methyl sites for hydroxylation is 2. The van der Waals surface area contributed by atoms with Crippen molar-refractivity contribution in [1.29, 1.82) is 0 Å². The van der Waals surface area contributed by atoms with Crippen LogP contribution in [-0.2, 0) is 10.0 Å². The van der Waals surface area contributed by atoms with Crippen LogP contribution >= 0.6 is 0 Å². The maximum absolute atomic E-state index is 14.8. The summed E-state index contributed by atoms with van der Waals surface area (Å²) < 4.78 is 56.3. The van der Waals surface area contributed by atoms with Crippen LogP contribution in [0.3, 0.4) is 0 Å². The third kappa shape index (κ3) is 3.62. The lowest BCUT2D eigenvalue weighted by molar-refractivity contribution is 0.572. The quantitative estimate of drug-likeness (QED) is 0.450. The fraction of sp³-hybridized carbons (Fsp3) is 0.0833. The molecule has 0 aliphatic carbocycles. The molecule has 32 heavy (non-hydrogen) atoms. The predicted octanol–water partition coefficient (Wildman–Crippen LogP) is 4.71. The molecule has 0 spiro atoms. The Hall–Kier alpha value is -3.65. The van der Waals surface area contributed by atoms with E-state index in [4.69, 9.17) is 0 Å². The van der Waals surface area contributed by atoms with Gasteiger partial charge in [-0.3, -0.25) is 4.79 Å². The third-order valence-corrected chi connectivity index (χ3v) is 6.63. The molecule has 0 fully saturated rings. The molecule has 0 amide bonds. The Morgan fingerprint density at radius 3 is 1.94 bits per heavy atom. The van der Waals surface area contributed by atoms with Gasteiger partial charge in [0.15, 0.2) is 0 Å². The Bertz CT molecular complexity index is 1460. The van der Waals surface area contributed by atoms with Crippen molar-refractivity contribution >= 4 is 10.0 Å². The first kappa shape index (κ1) is 21.6. The van der Waals surface area contributed by atoms with Gasteiger partial charge >= 0.3 is 0 Å². The summed E-state index contributed by atoms with van der Waals surface area (Å²) >= 11 is 0. The molecule has 4 rings (SSSR count). The molecule has 3 aromatic carbocycles. The maximum atomic E-state index is 14.8. The first-order chi connectivity index (χ1) is 15.2. The monoisotopic (exact) mass is 452 g/mol. The largest absolute Gasteiger partial charge is 0.290 e. The second kappa shape index (κ2) is 8.12. The summed E-state index contributed by atoms with van der Waals surface area (Å²) in [6.07, 6.45) is 0. The summed E-state index contributed by atoms with van der Waals surface area (Å²) in [7, 11) is -4.42. The smallest absolute Gasteiger partial charge is 0.266 e. The van der Waals surface area contributed by atoms with Crippen molar-refractivity contribution in [3.8, 4) is 22.3 Å². The van der Waals surface area contributed by atoms with E-state index in [2.05, 4.69) is 5.10 Å². The van der Waals surface area contributed by atoms with E-state index in [0.29, 0.717) is 9.65 Å². The van der Waals surface area contributed by atoms with Crippen LogP contribution < -0.4 is 5.56 Å². The summed E-state index contributed by atoms with van der Waals surface area (Å²) in [6.45, 7) is 3.28. The normalized spacial score (nSPS) is 11.5. The topological polar surface area (TPSA) is 69.0 Å². The highest BCUT2D eigenvalue weighted by Gasteiger charge is 2.28. The molecule has 0 N–H and O–H groups in total. The zero-order valence-electron chi connectivity index (χ0n) is 17.2. The Morgan fingerprint density at radius 1 is 0.750 bits per heavy atom. The Kier molecular flexibility index (Phi) is 5.48. The average Bonchev–Trinajstić information content (AvgIpc) is 2.76. The molecule has 0 radical (unpaired) electrons. The minimum absolute atomic E-state index is 0.129. The number of hydrogen-bond donors (Lipinski definition) is 0. The Labute approximate surface area is 183 Å². The third-order valence-electron chi connectivity index (χ3n) is 5.06. The highest BCUT2D eigenvalue weighted by molar-refractivity contribution is 7.89. The van der Waals surface area contributed by atoms with Gasteiger partial charge in [0.1, 0.15) is 11.6 Å². The fourth-order valence-corrected chi connectivity index (χ4v) is 4.73. The number of benzene rings is 3. The highest BCUT2D eigenvalue weighted by atomic mass is 32.2. The number of nitrogens with zero attached hydrogens (tertiary/aromatic N) is 2. The van der Waals surface area contributed by atoms with Gasteiger partial charge in [0.2, 0.25) is 0 Å². The summed E-state index contributed by atoms with van der Waals surface area (Å²) in [5.74, 6) is -1.96. The summed E-state index contributed by atoms with van der Waals surface area (Å²) in [4.78, 5) is 13.3. The second-order valence-electron chi connectivity index (χ2n) is 7.26. The van der Waals surface area contributed by atoms with Crippen molar-refractivity contribution in [2.24, 2.45) is 0 Å². The van der Waals surface area contributed by atoms with E-state index in [9.17, 15) is 22.0 Å². The molecule has 162 valence electrons. The van der Waals surface area contributed by atoms with E-state index in [1.807, 2.05) is 0 Å². The van der Waals surface area contributed by atoms with Crippen LogP contribution in [0.4, 0.5) is 8.78 Å². The maximum Gasteiger partial charge on any atom is 0.290 e. The first-order valence-electron chi connectivity index (χ1n) is 9.68. The summed E-state index contributed by atoms with van der Waals surface area (Å²) in [5.41, 5.74) is -0.552. The van der Waals surface area contributed by atoms with E-state index in [-0.39, 0.29) is 16.2 Å². The van der Waals surface area contributed by atoms with Crippen molar-refractivity contribution in [3.05, 3.63) is 106 Å². The van der Waals surface area contributed by atoms with Gasteiger partial charge in [0.25, 0.3) is 15.6 Å². The van der Waals surface area contributed by atoms with Crippen LogP contribution in [0.25, 0.3) is 22.3 Å². The molecule has 0 atom stereocenters. The molecule has 1 heterocycles. The summed E-state index contributed by atoms with van der Waals surface area (Å²) in [6, 6.07) is 17.5. The first-order valence-corrected chi connectivity index (χ1v) is 11.1. The lowest BCUT2D eigenvalue weighted by Gasteiger charge is -2.16. The van der Waals surface area contributed by atoms with Gasteiger partial charge in [-0.15, -0.1) is 4.09 Å². The molecular weight excluding hydrogens is 434 g/mol. The molecule has 1 aromatic heterocycles. The molecule has 0 aliphatic rings. The Morgan fingerprint density at radius 2 is 1.34 bits per heavy atom. The van der Waals surface area contributed by atoms with Crippen LogP contribution in [0.1, 0.15) is 11.3 Å². The van der Waals surface area contributed by atoms with E-state index >= 15 is 0 Å². The minimum atomic E-state index is -4.42. The average molecular weight is 452 g/mol. The van der Waals surface area contributed by atoms with E-state index < -0.39 is 38.3 Å². The van der Waals surface area contributed by atoms with Gasteiger partial charge in [-0.1, -0.05) is 54.1 Å². The minimum Gasteiger partial charge on any atom is -0.266 e. The lowest BCUT2D eigenvalue weighted by Crippen LogP contribution is -2.32. The predicted molar refractivity (Wildman–Crippen MR) is 118 cm³/mol. The molecule has 0 unspecified atom stereocenters. The number of hydrogen-bond acceptors (Lipinski definition) is 4. The van der Waals surface area contributed by atoms with E-state index in [1.165, 1.54) is 25.1 Å². The molecule has 0 saturated heterocycles. The standard InChI is InChI=1S/C24H18F2N2O3S/c1-15-11-13-18(14-12-15)32(30,31)28-24(29)23(22-19(25)9-6-10-20(22)26)21(16(2)27-28)17-7-4-3-5-8-17/h3-14H,1-2H3. The highest BCUT2D eigenvalue weighted by Crippen LogP contribution is 2.34. The lowest BCUT2D eigenvalue weighted by atomic mass is 9.94. The van der Waals surface area contributed by atoms with Crippen LogP contribution in [-0.4, -0.2) is 17.6 Å². The van der Waals surface area contributed by atoms with Crippen LogP contribution in [0, 0.1) is 25.5 Å². The number of halogens is 2. The number of aromatic nitrogens is 2. The van der Waals surface area contributed by atoms with Gasteiger partial charge in [0, 0.05) is 5.56 Å². The van der Waals surface area contributed by atoms with E-state index in [0.717, 1.165) is 17.7 Å². The van der Waals surface area contributed by atoms with Gasteiger partial charge in [0.05, 0.1) is 21.7 Å². The van der Waals surface area contributed by atoms with Crippen LogP contribution in [0.2, 0.25) is 0 Å². The number of rotatable bonds is 4. The zero-order chi connectivity index (χ0) is 23.0. The molecule has 0 aliphatic heterocycles. The second-order valence-corrected chi connectivity index (χ2v) is 9.03. The van der Waals surface area contributed by atoms with Crippen LogP contribution in [0.5, 0.6) is 0 Å². The van der Waals surface area contributed by atoms with Crippen molar-refractivity contribution in [2.75, 3.05) is 0 Å². The van der Waals surface area contributed by atoms with Gasteiger partial charge in [-0.05, 0) is 43.7 Å². The fourth-order valence-electron chi connectivity index (χ4n) is 3.51. The molecule has 4 aromatic rings. The molecule has 0 saturated carbocycles. The molecule has 0 bridgehead atoms. The summed E-state index contributed by atoms with van der Waals surface area (Å²) in [5, 5.41) is 4.04. The van der Waals surface area contributed by atoms with Crippen molar-refractivity contribution in [2.45, 2.75) is 18.7 Å².